The first-order valence-corrected chi connectivity index (χ1v) is 7.34. The molecule has 2 aliphatic rings. The van der Waals surface area contributed by atoms with Gasteiger partial charge in [0, 0.05) is 4.83 Å². The van der Waals surface area contributed by atoms with Crippen LogP contribution in [0.5, 0.6) is 0 Å². The van der Waals surface area contributed by atoms with E-state index in [4.69, 9.17) is 0 Å². The van der Waals surface area contributed by atoms with Crippen LogP contribution in [-0.2, 0) is 0 Å². The highest BCUT2D eigenvalue weighted by Gasteiger charge is 2.47. The molecule has 4 atom stereocenters. The summed E-state index contributed by atoms with van der Waals surface area (Å²) in [5.41, 5.74) is 3.30. The van der Waals surface area contributed by atoms with Gasteiger partial charge in [-0.1, -0.05) is 47.2 Å². The van der Waals surface area contributed by atoms with Gasteiger partial charge in [-0.3, -0.25) is 0 Å². The van der Waals surface area contributed by atoms with E-state index < -0.39 is 0 Å². The molecule has 0 aromatic rings. The van der Waals surface area contributed by atoms with Crippen molar-refractivity contribution in [2.45, 2.75) is 50.8 Å². The molecule has 0 bridgehead atoms. The van der Waals surface area contributed by atoms with E-state index in [1.165, 1.54) is 43.3 Å². The number of fused-ring (bicyclic) bond motifs is 1. The van der Waals surface area contributed by atoms with Gasteiger partial charge in [-0.2, -0.15) is 0 Å². The lowest BCUT2D eigenvalue weighted by Gasteiger charge is -2.51. The lowest BCUT2D eigenvalue weighted by Crippen LogP contribution is -2.44. The summed E-state index contributed by atoms with van der Waals surface area (Å²) in [4.78, 5) is 0.682. The van der Waals surface area contributed by atoms with Gasteiger partial charge in [0.15, 0.2) is 0 Å². The van der Waals surface area contributed by atoms with Crippen LogP contribution in [0.15, 0.2) is 24.3 Å². The predicted molar refractivity (Wildman–Crippen MR) is 74.8 cm³/mol. The summed E-state index contributed by atoms with van der Waals surface area (Å²) in [6.07, 6.45) is 6.40. The fourth-order valence-electron chi connectivity index (χ4n) is 3.60. The van der Waals surface area contributed by atoms with Gasteiger partial charge < -0.3 is 0 Å². The summed E-state index contributed by atoms with van der Waals surface area (Å²) in [6.45, 7) is 13.1. The second-order valence-electron chi connectivity index (χ2n) is 6.04. The number of rotatable bonds is 1. The summed E-state index contributed by atoms with van der Waals surface area (Å²) in [5.74, 6) is 1.44. The Morgan fingerprint density at radius 3 is 2.75 bits per heavy atom. The van der Waals surface area contributed by atoms with Crippen LogP contribution in [0.3, 0.4) is 0 Å². The molecule has 0 N–H and O–H groups in total. The minimum Gasteiger partial charge on any atom is -0.0999 e. The minimum absolute atomic E-state index is 0.446. The van der Waals surface area contributed by atoms with Crippen LogP contribution in [0.2, 0.25) is 0 Å². The molecule has 0 spiro atoms. The highest BCUT2D eigenvalue weighted by atomic mass is 79.9. The second-order valence-corrected chi connectivity index (χ2v) is 7.15. The Bertz CT molecular complexity index is 317. The third-order valence-electron chi connectivity index (χ3n) is 4.97. The Hall–Kier alpha value is -0.0400. The lowest BCUT2D eigenvalue weighted by atomic mass is 9.56. The Morgan fingerprint density at radius 1 is 1.44 bits per heavy atom. The van der Waals surface area contributed by atoms with E-state index in [1.807, 2.05) is 0 Å². The third-order valence-corrected chi connectivity index (χ3v) is 6.48. The maximum atomic E-state index is 4.32. The van der Waals surface area contributed by atoms with Crippen molar-refractivity contribution < 1.29 is 0 Å². The molecule has 0 heterocycles. The molecule has 0 amide bonds. The van der Waals surface area contributed by atoms with Gasteiger partial charge in [-0.25, -0.2) is 0 Å². The van der Waals surface area contributed by atoms with Crippen molar-refractivity contribution >= 4 is 15.9 Å². The highest BCUT2D eigenvalue weighted by molar-refractivity contribution is 9.09. The average molecular weight is 283 g/mol. The van der Waals surface area contributed by atoms with E-state index >= 15 is 0 Å². The Balaban J connectivity index is 2.21. The molecule has 90 valence electrons. The van der Waals surface area contributed by atoms with Crippen LogP contribution in [0.4, 0.5) is 0 Å². The van der Waals surface area contributed by atoms with Crippen molar-refractivity contribution in [3.8, 4) is 0 Å². The number of halogens is 1. The molecule has 1 heteroatoms. The minimum atomic E-state index is 0.446. The maximum absolute atomic E-state index is 4.32. The molecular formula is C15H23Br. The number of allylic oxidation sites excluding steroid dienone is 2. The van der Waals surface area contributed by atoms with Crippen LogP contribution in [-0.4, -0.2) is 4.83 Å². The van der Waals surface area contributed by atoms with Crippen molar-refractivity contribution in [3.05, 3.63) is 24.3 Å². The smallest absolute Gasteiger partial charge is 0.0208 e. The average Bonchev–Trinajstić information content (AvgIpc) is 2.24. The monoisotopic (exact) mass is 282 g/mol. The van der Waals surface area contributed by atoms with Crippen LogP contribution < -0.4 is 0 Å². The van der Waals surface area contributed by atoms with Gasteiger partial charge in [0.05, 0.1) is 0 Å². The largest absolute Gasteiger partial charge is 0.0999 e. The molecule has 0 aromatic heterocycles. The zero-order chi connectivity index (χ0) is 11.9. The first-order chi connectivity index (χ1) is 7.45. The molecule has 2 fully saturated rings. The number of hydrogen-bond donors (Lipinski definition) is 0. The molecule has 2 aliphatic carbocycles. The molecule has 0 nitrogen and oxygen atoms in total. The van der Waals surface area contributed by atoms with Crippen molar-refractivity contribution in [3.63, 3.8) is 0 Å². The summed E-state index contributed by atoms with van der Waals surface area (Å²) >= 11 is 3.91. The highest BCUT2D eigenvalue weighted by Crippen LogP contribution is 2.56. The van der Waals surface area contributed by atoms with E-state index in [2.05, 4.69) is 42.9 Å². The Labute approximate surface area is 108 Å². The van der Waals surface area contributed by atoms with Crippen molar-refractivity contribution in [2.75, 3.05) is 0 Å². The molecule has 2 saturated carbocycles. The Morgan fingerprint density at radius 2 is 2.12 bits per heavy atom. The first-order valence-electron chi connectivity index (χ1n) is 6.42. The molecule has 0 unspecified atom stereocenters. The van der Waals surface area contributed by atoms with Crippen molar-refractivity contribution in [2.24, 2.45) is 17.3 Å². The summed E-state index contributed by atoms with van der Waals surface area (Å²) in [7, 11) is 0. The molecular weight excluding hydrogens is 260 g/mol. The normalized spacial score (nSPS) is 43.9. The van der Waals surface area contributed by atoms with E-state index in [1.54, 1.807) is 0 Å². The quantitative estimate of drug-likeness (QED) is 0.464. The molecule has 2 rings (SSSR count). The standard InChI is InChI=1S/C15H23Br/c1-10(2)12-7-8-15(4)13(9-12)11(3)5-6-14(15)16/h12-14H,1,3,5-9H2,2,4H3/t12-,13+,14-,15-/m1/s1. The molecule has 0 aromatic carbocycles. The summed E-state index contributed by atoms with van der Waals surface area (Å²) < 4.78 is 0. The van der Waals surface area contributed by atoms with E-state index in [0.717, 1.165) is 5.92 Å². The molecule has 16 heavy (non-hydrogen) atoms. The fraction of sp³-hybridized carbons (Fsp3) is 0.733. The van der Waals surface area contributed by atoms with Crippen molar-refractivity contribution in [1.82, 2.24) is 0 Å². The lowest BCUT2D eigenvalue weighted by molar-refractivity contribution is 0.0928. The number of hydrogen-bond acceptors (Lipinski definition) is 0. The van der Waals surface area contributed by atoms with Crippen LogP contribution in [0.25, 0.3) is 0 Å². The van der Waals surface area contributed by atoms with Gasteiger partial charge >= 0.3 is 0 Å². The predicted octanol–water partition coefficient (Wildman–Crippen LogP) is 5.10. The SMILES string of the molecule is C=C(C)[C@@H]1CC[C@@]2(C)[C@H](Br)CCC(=C)[C@@H]2C1. The molecule has 0 radical (unpaired) electrons. The maximum Gasteiger partial charge on any atom is 0.0208 e. The molecule has 0 saturated heterocycles. The van der Waals surface area contributed by atoms with E-state index in [-0.39, 0.29) is 0 Å². The zero-order valence-corrected chi connectivity index (χ0v) is 12.1. The van der Waals surface area contributed by atoms with Gasteiger partial charge in [0.25, 0.3) is 0 Å². The summed E-state index contributed by atoms with van der Waals surface area (Å²) in [6, 6.07) is 0. The van der Waals surface area contributed by atoms with Crippen LogP contribution >= 0.6 is 15.9 Å². The summed E-state index contributed by atoms with van der Waals surface area (Å²) in [5, 5.41) is 0. The topological polar surface area (TPSA) is 0 Å². The first kappa shape index (κ1) is 12.4. The van der Waals surface area contributed by atoms with Gasteiger partial charge in [-0.05, 0) is 56.3 Å². The molecule has 0 aliphatic heterocycles. The fourth-order valence-corrected chi connectivity index (χ4v) is 4.38. The van der Waals surface area contributed by atoms with Gasteiger partial charge in [-0.15, -0.1) is 0 Å². The van der Waals surface area contributed by atoms with E-state index in [0.29, 0.717) is 16.2 Å². The van der Waals surface area contributed by atoms with Crippen LogP contribution in [0.1, 0.15) is 46.0 Å². The number of alkyl halides is 1. The van der Waals surface area contributed by atoms with Gasteiger partial charge in [0.2, 0.25) is 0 Å². The van der Waals surface area contributed by atoms with E-state index in [9.17, 15) is 0 Å². The van der Waals surface area contributed by atoms with Crippen molar-refractivity contribution in [1.29, 1.82) is 0 Å². The third kappa shape index (κ3) is 1.92. The second kappa shape index (κ2) is 4.33. The van der Waals surface area contributed by atoms with Crippen LogP contribution in [0, 0.1) is 17.3 Å². The Kier molecular flexibility index (Phi) is 3.36. The zero-order valence-electron chi connectivity index (χ0n) is 10.6. The van der Waals surface area contributed by atoms with Gasteiger partial charge in [0.1, 0.15) is 0 Å².